The summed E-state index contributed by atoms with van der Waals surface area (Å²) in [6.07, 6.45) is -0.0586. The van der Waals surface area contributed by atoms with Gasteiger partial charge in [-0.15, -0.1) is 0 Å². The monoisotopic (exact) mass is 330 g/mol. The molecule has 2 aromatic carbocycles. The van der Waals surface area contributed by atoms with E-state index < -0.39 is 28.6 Å². The fourth-order valence-electron chi connectivity index (χ4n) is 3.34. The molecule has 6 nitrogen and oxygen atoms in total. The zero-order valence-corrected chi connectivity index (χ0v) is 14.3. The summed E-state index contributed by atoms with van der Waals surface area (Å²) >= 11 is 0. The van der Waals surface area contributed by atoms with Crippen molar-refractivity contribution in [2.75, 3.05) is 17.7 Å². The van der Waals surface area contributed by atoms with Gasteiger partial charge < -0.3 is 20.5 Å². The number of fused-ring (bicyclic) bond motifs is 1. The van der Waals surface area contributed by atoms with E-state index in [4.69, 9.17) is 10.5 Å². The van der Waals surface area contributed by atoms with Crippen LogP contribution in [0.2, 0.25) is 0 Å². The summed E-state index contributed by atoms with van der Waals surface area (Å²) in [6.45, 7) is 5.63. The maximum absolute atomic E-state index is 11.9. The second-order valence-electron chi connectivity index (χ2n) is 6.85. The quantitative estimate of drug-likeness (QED) is 0.820. The molecule has 6 heteroatoms. The van der Waals surface area contributed by atoms with Gasteiger partial charge in [-0.1, -0.05) is 13.0 Å². The van der Waals surface area contributed by atoms with Crippen LogP contribution in [0.3, 0.4) is 0 Å². The summed E-state index contributed by atoms with van der Waals surface area (Å²) in [5, 5.41) is 10.9. The van der Waals surface area contributed by atoms with Gasteiger partial charge in [-0.3, -0.25) is 9.59 Å². The van der Waals surface area contributed by atoms with Crippen molar-refractivity contribution in [1.82, 2.24) is 0 Å². The summed E-state index contributed by atoms with van der Waals surface area (Å²) < 4.78 is 5.94. The van der Waals surface area contributed by atoms with Crippen molar-refractivity contribution >= 4 is 11.4 Å². The van der Waals surface area contributed by atoms with E-state index in [1.807, 2.05) is 25.1 Å². The molecule has 0 unspecified atom stereocenters. The second kappa shape index (κ2) is 5.34. The number of anilines is 2. The number of nitrogen functional groups attached to an aromatic ring is 1. The number of benzene rings is 1. The molecular weight excluding hydrogens is 308 g/mol. The van der Waals surface area contributed by atoms with E-state index in [1.54, 1.807) is 25.8 Å². The average molecular weight is 330 g/mol. The lowest BCUT2D eigenvalue weighted by Gasteiger charge is -2.46. The van der Waals surface area contributed by atoms with Crippen LogP contribution < -0.4 is 26.2 Å². The molecule has 1 aliphatic heterocycles. The van der Waals surface area contributed by atoms with Crippen LogP contribution in [0.15, 0.2) is 27.8 Å². The van der Waals surface area contributed by atoms with Gasteiger partial charge in [0.25, 0.3) is 10.9 Å². The molecule has 3 rings (SSSR count). The summed E-state index contributed by atoms with van der Waals surface area (Å²) in [5.41, 5.74) is 5.59. The summed E-state index contributed by atoms with van der Waals surface area (Å²) in [5.74, 6) is 0.664. The molecule has 0 radical (unpaired) electrons. The molecule has 24 heavy (non-hydrogen) atoms. The predicted molar refractivity (Wildman–Crippen MR) is 93.4 cm³/mol. The van der Waals surface area contributed by atoms with Crippen LogP contribution in [-0.2, 0) is 6.42 Å². The van der Waals surface area contributed by atoms with Crippen LogP contribution >= 0.6 is 0 Å². The second-order valence-corrected chi connectivity index (χ2v) is 6.85. The Morgan fingerprint density at radius 3 is 2.54 bits per heavy atom. The Kier molecular flexibility index (Phi) is 3.68. The number of likely N-dealkylation sites (N-methyl/N-ethyl adjacent to an activating group) is 1. The van der Waals surface area contributed by atoms with E-state index >= 15 is 0 Å². The summed E-state index contributed by atoms with van der Waals surface area (Å²) in [7, 11) is 1.67. The Labute approximate surface area is 140 Å². The van der Waals surface area contributed by atoms with Gasteiger partial charge in [-0.25, -0.2) is 0 Å². The molecule has 0 aliphatic carbocycles. The van der Waals surface area contributed by atoms with E-state index in [0.29, 0.717) is 5.75 Å². The third-order valence-electron chi connectivity index (χ3n) is 4.88. The number of nitrogens with zero attached hydrogens (tertiary/aromatic N) is 1. The van der Waals surface area contributed by atoms with Crippen LogP contribution in [0.25, 0.3) is 0 Å². The van der Waals surface area contributed by atoms with Gasteiger partial charge in [0.15, 0.2) is 0 Å². The minimum absolute atomic E-state index is 0.0489. The molecule has 0 saturated heterocycles. The Morgan fingerprint density at radius 1 is 1.29 bits per heavy atom. The number of ether oxygens (including phenoxy) is 1. The lowest BCUT2D eigenvalue weighted by atomic mass is 9.84. The Bertz CT molecular complexity index is 864. The van der Waals surface area contributed by atoms with Crippen molar-refractivity contribution in [3.63, 3.8) is 0 Å². The van der Waals surface area contributed by atoms with Crippen LogP contribution in [0.4, 0.5) is 11.4 Å². The molecule has 0 aromatic heterocycles. The highest BCUT2D eigenvalue weighted by atomic mass is 16.5. The maximum Gasteiger partial charge on any atom is 0.253 e. The number of aryl methyl sites for hydroxylation is 1. The van der Waals surface area contributed by atoms with Gasteiger partial charge in [0.2, 0.25) is 0 Å². The molecule has 0 fully saturated rings. The largest absolute Gasteiger partial charge is 0.485 e. The average Bonchev–Trinajstić information content (AvgIpc) is 2.55. The first-order chi connectivity index (χ1) is 11.2. The SMILES string of the molecule is CCc1ccc2c(c1)[C@@H](N(C)c1c(N)c(=O)c1=O)[C@H](O)C(C)(C)O2. The first kappa shape index (κ1) is 16.5. The van der Waals surface area contributed by atoms with Gasteiger partial charge in [0.1, 0.15) is 28.8 Å². The van der Waals surface area contributed by atoms with Crippen LogP contribution in [0.5, 0.6) is 5.75 Å². The van der Waals surface area contributed by atoms with Crippen LogP contribution in [0, 0.1) is 0 Å². The van der Waals surface area contributed by atoms with Gasteiger partial charge in [-0.05, 0) is 38.0 Å². The van der Waals surface area contributed by atoms with Crippen molar-refractivity contribution in [2.45, 2.75) is 44.9 Å². The smallest absolute Gasteiger partial charge is 0.253 e. The van der Waals surface area contributed by atoms with E-state index in [1.165, 1.54) is 0 Å². The van der Waals surface area contributed by atoms with Gasteiger partial charge >= 0.3 is 0 Å². The zero-order chi connectivity index (χ0) is 17.8. The van der Waals surface area contributed by atoms with Gasteiger partial charge in [0, 0.05) is 12.6 Å². The highest BCUT2D eigenvalue weighted by Crippen LogP contribution is 2.44. The first-order valence-electron chi connectivity index (χ1n) is 8.00. The molecule has 3 N–H and O–H groups in total. The van der Waals surface area contributed by atoms with E-state index in [9.17, 15) is 14.7 Å². The van der Waals surface area contributed by atoms with Crippen molar-refractivity contribution in [2.24, 2.45) is 0 Å². The molecule has 2 aromatic rings. The van der Waals surface area contributed by atoms with Crippen molar-refractivity contribution in [3.8, 4) is 5.75 Å². The molecule has 1 heterocycles. The first-order valence-corrected chi connectivity index (χ1v) is 8.00. The summed E-state index contributed by atoms with van der Waals surface area (Å²) in [4.78, 5) is 25.0. The highest BCUT2D eigenvalue weighted by Gasteiger charge is 2.46. The van der Waals surface area contributed by atoms with Gasteiger partial charge in [0.05, 0.1) is 6.04 Å². The van der Waals surface area contributed by atoms with Gasteiger partial charge in [-0.2, -0.15) is 0 Å². The third kappa shape index (κ3) is 2.21. The van der Waals surface area contributed by atoms with E-state index in [-0.39, 0.29) is 11.4 Å². The molecule has 0 amide bonds. The number of nitrogens with two attached hydrogens (primary N) is 1. The summed E-state index contributed by atoms with van der Waals surface area (Å²) in [6, 6.07) is 5.31. The normalized spacial score (nSPS) is 22.0. The molecule has 1 aliphatic rings. The molecule has 0 saturated carbocycles. The number of aliphatic hydroxyl groups is 1. The minimum Gasteiger partial charge on any atom is -0.485 e. The molecular formula is C18H22N2O4. The highest BCUT2D eigenvalue weighted by molar-refractivity contribution is 5.73. The number of aliphatic hydroxyl groups excluding tert-OH is 1. The van der Waals surface area contributed by atoms with E-state index in [0.717, 1.165) is 17.5 Å². The fraction of sp³-hybridized carbons (Fsp3) is 0.444. The molecule has 2 atom stereocenters. The fourth-order valence-corrected chi connectivity index (χ4v) is 3.34. The standard InChI is InChI=1S/C18H22N2O4/c1-5-9-6-7-11-10(8-9)13(17(23)18(2,3)24-11)20(4)14-12(19)15(21)16(14)22/h6-8,13,17,23H,5,19H2,1-4H3/t13-,17+/m1/s1. The van der Waals surface area contributed by atoms with Crippen LogP contribution in [0.1, 0.15) is 37.9 Å². The van der Waals surface area contributed by atoms with Crippen LogP contribution in [-0.4, -0.2) is 23.9 Å². The minimum atomic E-state index is -0.897. The van der Waals surface area contributed by atoms with E-state index in [2.05, 4.69) is 0 Å². The zero-order valence-electron chi connectivity index (χ0n) is 14.3. The lowest BCUT2D eigenvalue weighted by molar-refractivity contribution is -0.0579. The number of hydrogen-bond acceptors (Lipinski definition) is 6. The number of hydrogen-bond donors (Lipinski definition) is 2. The molecule has 0 spiro atoms. The maximum atomic E-state index is 11.9. The third-order valence-corrected chi connectivity index (χ3v) is 4.88. The Morgan fingerprint density at radius 2 is 1.96 bits per heavy atom. The predicted octanol–water partition coefficient (Wildman–Crippen LogP) is 1.14. The lowest BCUT2D eigenvalue weighted by Crippen LogP contribution is -2.55. The van der Waals surface area contributed by atoms with Crippen molar-refractivity contribution in [1.29, 1.82) is 0 Å². The van der Waals surface area contributed by atoms with Crippen molar-refractivity contribution in [3.05, 3.63) is 49.8 Å². The van der Waals surface area contributed by atoms with Crippen molar-refractivity contribution < 1.29 is 9.84 Å². The topological polar surface area (TPSA) is 92.9 Å². The number of rotatable bonds is 3. The molecule has 0 bridgehead atoms. The molecule has 128 valence electrons. The Balaban J connectivity index is 2.15. The Hall–Kier alpha value is -2.34.